The van der Waals surface area contributed by atoms with E-state index in [2.05, 4.69) is 48.3 Å². The van der Waals surface area contributed by atoms with Crippen molar-refractivity contribution in [3.63, 3.8) is 0 Å². The second-order valence-electron chi connectivity index (χ2n) is 5.95. The Hall–Kier alpha value is -1.35. The van der Waals surface area contributed by atoms with Gasteiger partial charge < -0.3 is 9.64 Å². The van der Waals surface area contributed by atoms with Gasteiger partial charge in [0.25, 0.3) is 0 Å². The van der Waals surface area contributed by atoms with Crippen LogP contribution in [0.3, 0.4) is 0 Å². The number of rotatable bonds is 5. The lowest BCUT2D eigenvalue weighted by Gasteiger charge is -2.24. The first-order valence-corrected chi connectivity index (χ1v) is 8.24. The molecule has 3 rings (SSSR count). The molecule has 0 saturated carbocycles. The highest BCUT2D eigenvalue weighted by atomic mass is 35.5. The molecule has 0 aromatic heterocycles. The molecule has 1 heterocycles. The van der Waals surface area contributed by atoms with Crippen molar-refractivity contribution in [2.75, 3.05) is 20.2 Å². The van der Waals surface area contributed by atoms with E-state index in [1.807, 2.05) is 18.2 Å². The maximum absolute atomic E-state index is 6.32. The molecule has 2 atom stereocenters. The first-order valence-electron chi connectivity index (χ1n) is 7.86. The van der Waals surface area contributed by atoms with E-state index >= 15 is 0 Å². The predicted molar refractivity (Wildman–Crippen MR) is 91.3 cm³/mol. The SMILES string of the molecule is CN1CCC[C@H]1COC(c1ccccc1)c1ccc(Cl)cc1. The molecule has 0 spiro atoms. The van der Waals surface area contributed by atoms with E-state index in [0.29, 0.717) is 6.04 Å². The van der Waals surface area contributed by atoms with Crippen LogP contribution in [0.15, 0.2) is 54.6 Å². The minimum Gasteiger partial charge on any atom is -0.367 e. The van der Waals surface area contributed by atoms with Crippen LogP contribution in [0.4, 0.5) is 0 Å². The number of likely N-dealkylation sites (tertiary alicyclic amines) is 1. The Bertz CT molecular complexity index is 584. The first-order chi connectivity index (χ1) is 10.7. The fraction of sp³-hybridized carbons (Fsp3) is 0.368. The lowest BCUT2D eigenvalue weighted by Crippen LogP contribution is -2.30. The number of hydrogen-bond acceptors (Lipinski definition) is 2. The number of hydrogen-bond donors (Lipinski definition) is 0. The van der Waals surface area contributed by atoms with Crippen molar-refractivity contribution in [3.8, 4) is 0 Å². The van der Waals surface area contributed by atoms with Gasteiger partial charge in [-0.3, -0.25) is 0 Å². The molecule has 116 valence electrons. The summed E-state index contributed by atoms with van der Waals surface area (Å²) >= 11 is 6.01. The van der Waals surface area contributed by atoms with E-state index in [-0.39, 0.29) is 6.10 Å². The van der Waals surface area contributed by atoms with Crippen molar-refractivity contribution in [1.82, 2.24) is 4.90 Å². The molecule has 1 unspecified atom stereocenters. The molecule has 3 heteroatoms. The summed E-state index contributed by atoms with van der Waals surface area (Å²) in [4.78, 5) is 2.39. The minimum absolute atomic E-state index is 0.0348. The number of halogens is 1. The van der Waals surface area contributed by atoms with Crippen molar-refractivity contribution in [3.05, 3.63) is 70.7 Å². The van der Waals surface area contributed by atoms with Crippen molar-refractivity contribution in [1.29, 1.82) is 0 Å². The molecule has 1 aliphatic heterocycles. The van der Waals surface area contributed by atoms with Crippen LogP contribution in [-0.2, 0) is 4.74 Å². The molecule has 0 radical (unpaired) electrons. The number of ether oxygens (including phenoxy) is 1. The van der Waals surface area contributed by atoms with Crippen LogP contribution in [0.25, 0.3) is 0 Å². The lowest BCUT2D eigenvalue weighted by molar-refractivity contribution is 0.0438. The van der Waals surface area contributed by atoms with Gasteiger partial charge in [0.05, 0.1) is 6.61 Å². The molecule has 2 aromatic rings. The van der Waals surface area contributed by atoms with Gasteiger partial charge in [-0.1, -0.05) is 54.1 Å². The molecule has 2 aromatic carbocycles. The van der Waals surface area contributed by atoms with Gasteiger partial charge in [0.2, 0.25) is 0 Å². The molecule has 1 fully saturated rings. The Morgan fingerprint density at radius 3 is 2.41 bits per heavy atom. The van der Waals surface area contributed by atoms with Crippen molar-refractivity contribution < 1.29 is 4.74 Å². The van der Waals surface area contributed by atoms with Gasteiger partial charge in [-0.15, -0.1) is 0 Å². The van der Waals surface area contributed by atoms with Crippen LogP contribution in [-0.4, -0.2) is 31.1 Å². The fourth-order valence-corrected chi connectivity index (χ4v) is 3.17. The molecule has 0 N–H and O–H groups in total. The molecular weight excluding hydrogens is 294 g/mol. The van der Waals surface area contributed by atoms with Gasteiger partial charge in [0, 0.05) is 11.1 Å². The molecular formula is C19H22ClNO. The molecule has 1 saturated heterocycles. The fourth-order valence-electron chi connectivity index (χ4n) is 3.05. The van der Waals surface area contributed by atoms with Gasteiger partial charge in [0.15, 0.2) is 0 Å². The van der Waals surface area contributed by atoms with Crippen LogP contribution >= 0.6 is 11.6 Å². The Kier molecular flexibility index (Phi) is 5.14. The predicted octanol–water partition coefficient (Wildman–Crippen LogP) is 4.54. The smallest absolute Gasteiger partial charge is 0.108 e. The zero-order valence-electron chi connectivity index (χ0n) is 12.9. The highest BCUT2D eigenvalue weighted by molar-refractivity contribution is 6.30. The maximum atomic E-state index is 6.32. The van der Waals surface area contributed by atoms with Gasteiger partial charge in [0.1, 0.15) is 6.10 Å². The van der Waals surface area contributed by atoms with Gasteiger partial charge in [-0.2, -0.15) is 0 Å². The van der Waals surface area contributed by atoms with E-state index in [1.54, 1.807) is 0 Å². The zero-order valence-corrected chi connectivity index (χ0v) is 13.7. The van der Waals surface area contributed by atoms with E-state index in [4.69, 9.17) is 16.3 Å². The average molecular weight is 316 g/mol. The van der Waals surface area contributed by atoms with Crippen LogP contribution in [0.5, 0.6) is 0 Å². The highest BCUT2D eigenvalue weighted by Gasteiger charge is 2.23. The van der Waals surface area contributed by atoms with Crippen LogP contribution in [0, 0.1) is 0 Å². The third kappa shape index (κ3) is 3.70. The summed E-state index contributed by atoms with van der Waals surface area (Å²) in [5, 5.41) is 0.756. The van der Waals surface area contributed by atoms with Gasteiger partial charge in [-0.05, 0) is 49.7 Å². The first kappa shape index (κ1) is 15.5. The summed E-state index contributed by atoms with van der Waals surface area (Å²) < 4.78 is 6.32. The van der Waals surface area contributed by atoms with Crippen molar-refractivity contribution in [2.45, 2.75) is 25.0 Å². The molecule has 1 aliphatic rings. The third-order valence-electron chi connectivity index (χ3n) is 4.40. The van der Waals surface area contributed by atoms with Crippen molar-refractivity contribution in [2.24, 2.45) is 0 Å². The van der Waals surface area contributed by atoms with E-state index < -0.39 is 0 Å². The number of benzene rings is 2. The maximum Gasteiger partial charge on any atom is 0.108 e. The Labute approximate surface area is 137 Å². The standard InChI is InChI=1S/C19H22ClNO/c1-21-13-5-8-18(21)14-22-19(15-6-3-2-4-7-15)16-9-11-17(20)12-10-16/h2-4,6-7,9-12,18-19H,5,8,13-14H2,1H3/t18-,19?/m0/s1. The number of nitrogens with zero attached hydrogens (tertiary/aromatic N) is 1. The Balaban J connectivity index is 1.78. The summed E-state index contributed by atoms with van der Waals surface area (Å²) in [6, 6.07) is 18.9. The average Bonchev–Trinajstić information content (AvgIpc) is 2.96. The molecule has 2 nitrogen and oxygen atoms in total. The minimum atomic E-state index is -0.0348. The van der Waals surface area contributed by atoms with Crippen LogP contribution < -0.4 is 0 Å². The Morgan fingerprint density at radius 1 is 1.09 bits per heavy atom. The lowest BCUT2D eigenvalue weighted by atomic mass is 10.0. The highest BCUT2D eigenvalue weighted by Crippen LogP contribution is 2.28. The molecule has 0 bridgehead atoms. The molecule has 0 amide bonds. The van der Waals surface area contributed by atoms with Gasteiger partial charge >= 0.3 is 0 Å². The summed E-state index contributed by atoms with van der Waals surface area (Å²) in [6.45, 7) is 1.93. The zero-order chi connectivity index (χ0) is 15.4. The summed E-state index contributed by atoms with van der Waals surface area (Å²) in [7, 11) is 2.18. The topological polar surface area (TPSA) is 12.5 Å². The third-order valence-corrected chi connectivity index (χ3v) is 4.65. The second-order valence-corrected chi connectivity index (χ2v) is 6.39. The van der Waals surface area contributed by atoms with E-state index in [1.165, 1.54) is 24.9 Å². The van der Waals surface area contributed by atoms with E-state index in [0.717, 1.165) is 17.2 Å². The van der Waals surface area contributed by atoms with Crippen LogP contribution in [0.1, 0.15) is 30.1 Å². The van der Waals surface area contributed by atoms with E-state index in [9.17, 15) is 0 Å². The van der Waals surface area contributed by atoms with Crippen LogP contribution in [0.2, 0.25) is 5.02 Å². The number of likely N-dealkylation sites (N-methyl/N-ethyl adjacent to an activating group) is 1. The quantitative estimate of drug-likeness (QED) is 0.803. The second kappa shape index (κ2) is 7.28. The summed E-state index contributed by atoms with van der Waals surface area (Å²) in [5.74, 6) is 0. The summed E-state index contributed by atoms with van der Waals surface area (Å²) in [5.41, 5.74) is 2.33. The monoisotopic (exact) mass is 315 g/mol. The summed E-state index contributed by atoms with van der Waals surface area (Å²) in [6.07, 6.45) is 2.45. The van der Waals surface area contributed by atoms with Gasteiger partial charge in [-0.25, -0.2) is 0 Å². The molecule has 0 aliphatic carbocycles. The Morgan fingerprint density at radius 2 is 1.77 bits per heavy atom. The molecule has 22 heavy (non-hydrogen) atoms. The normalized spacial score (nSPS) is 20.2. The largest absolute Gasteiger partial charge is 0.367 e. The van der Waals surface area contributed by atoms with Crippen molar-refractivity contribution >= 4 is 11.6 Å².